The fourth-order valence-electron chi connectivity index (χ4n) is 2.60. The summed E-state index contributed by atoms with van der Waals surface area (Å²) in [5.41, 5.74) is 0.609. The Morgan fingerprint density at radius 1 is 1.25 bits per heavy atom. The topological polar surface area (TPSA) is 21.3 Å². The summed E-state index contributed by atoms with van der Waals surface area (Å²) in [6, 6.07) is 0. The Labute approximate surface area is 101 Å². The van der Waals surface area contributed by atoms with Crippen LogP contribution in [0.2, 0.25) is 0 Å². The molecule has 0 bridgehead atoms. The molecule has 1 aliphatic carbocycles. The van der Waals surface area contributed by atoms with Crippen molar-refractivity contribution < 1.29 is 4.74 Å². The molecular formula is C14H29NO. The zero-order valence-electron chi connectivity index (χ0n) is 11.3. The summed E-state index contributed by atoms with van der Waals surface area (Å²) in [4.78, 5) is 0. The van der Waals surface area contributed by atoms with E-state index >= 15 is 0 Å². The van der Waals surface area contributed by atoms with E-state index in [1.165, 1.54) is 38.6 Å². The highest BCUT2D eigenvalue weighted by Gasteiger charge is 2.31. The Balaban J connectivity index is 2.01. The van der Waals surface area contributed by atoms with Crippen molar-refractivity contribution in [1.82, 2.24) is 5.32 Å². The average Bonchev–Trinajstić information content (AvgIpc) is 2.72. The monoisotopic (exact) mass is 227 g/mol. The van der Waals surface area contributed by atoms with E-state index in [-0.39, 0.29) is 0 Å². The zero-order chi connectivity index (χ0) is 11.9. The third kappa shape index (κ3) is 4.84. The van der Waals surface area contributed by atoms with Gasteiger partial charge in [-0.1, -0.05) is 33.6 Å². The minimum Gasteiger partial charge on any atom is -0.380 e. The second kappa shape index (κ2) is 7.29. The van der Waals surface area contributed by atoms with Crippen LogP contribution in [0.15, 0.2) is 0 Å². The van der Waals surface area contributed by atoms with Crippen LogP contribution in [0.4, 0.5) is 0 Å². The highest BCUT2D eigenvalue weighted by atomic mass is 16.5. The molecule has 0 heterocycles. The smallest absolute Gasteiger partial charge is 0.0591 e. The van der Waals surface area contributed by atoms with Crippen LogP contribution in [0.25, 0.3) is 0 Å². The van der Waals surface area contributed by atoms with E-state index in [1.807, 2.05) is 0 Å². The predicted octanol–water partition coefficient (Wildman–Crippen LogP) is 3.22. The van der Waals surface area contributed by atoms with Gasteiger partial charge in [-0.15, -0.1) is 0 Å². The van der Waals surface area contributed by atoms with Gasteiger partial charge < -0.3 is 10.1 Å². The molecule has 0 atom stereocenters. The Hall–Kier alpha value is -0.0800. The Kier molecular flexibility index (Phi) is 6.37. The lowest BCUT2D eigenvalue weighted by Crippen LogP contribution is -2.33. The molecule has 1 saturated carbocycles. The molecule has 0 aromatic carbocycles. The third-order valence-corrected chi connectivity index (χ3v) is 3.79. The lowest BCUT2D eigenvalue weighted by molar-refractivity contribution is 0.109. The maximum absolute atomic E-state index is 5.56. The molecule has 1 fully saturated rings. The molecule has 2 nitrogen and oxygen atoms in total. The van der Waals surface area contributed by atoms with Crippen LogP contribution in [0.3, 0.4) is 0 Å². The maximum Gasteiger partial charge on any atom is 0.0591 e. The van der Waals surface area contributed by atoms with Crippen molar-refractivity contribution in [2.45, 2.75) is 52.9 Å². The van der Waals surface area contributed by atoms with Crippen LogP contribution in [-0.4, -0.2) is 26.3 Å². The highest BCUT2D eigenvalue weighted by molar-refractivity contribution is 4.85. The summed E-state index contributed by atoms with van der Waals surface area (Å²) < 4.78 is 5.56. The van der Waals surface area contributed by atoms with Gasteiger partial charge in [0.2, 0.25) is 0 Å². The quantitative estimate of drug-likeness (QED) is 0.643. The lowest BCUT2D eigenvalue weighted by Gasteiger charge is -2.27. The van der Waals surface area contributed by atoms with Gasteiger partial charge in [0.1, 0.15) is 0 Å². The van der Waals surface area contributed by atoms with E-state index in [0.717, 1.165) is 19.8 Å². The molecule has 1 N–H and O–H groups in total. The molecule has 1 aliphatic rings. The van der Waals surface area contributed by atoms with Crippen LogP contribution < -0.4 is 5.32 Å². The fourth-order valence-corrected chi connectivity index (χ4v) is 2.60. The summed E-state index contributed by atoms with van der Waals surface area (Å²) in [5.74, 6) is 0.650. The van der Waals surface area contributed by atoms with Gasteiger partial charge in [-0.2, -0.15) is 0 Å². The van der Waals surface area contributed by atoms with Gasteiger partial charge in [0.25, 0.3) is 0 Å². The Morgan fingerprint density at radius 2 is 1.94 bits per heavy atom. The van der Waals surface area contributed by atoms with Crippen LogP contribution >= 0.6 is 0 Å². The summed E-state index contributed by atoms with van der Waals surface area (Å²) in [7, 11) is 0. The summed E-state index contributed by atoms with van der Waals surface area (Å²) in [6.07, 6.45) is 7.03. The van der Waals surface area contributed by atoms with Crippen LogP contribution in [0.5, 0.6) is 0 Å². The van der Waals surface area contributed by atoms with Crippen molar-refractivity contribution in [2.75, 3.05) is 26.3 Å². The second-order valence-corrected chi connectivity index (χ2v) is 5.71. The van der Waals surface area contributed by atoms with Crippen LogP contribution in [0, 0.1) is 11.3 Å². The van der Waals surface area contributed by atoms with Crippen molar-refractivity contribution in [3.63, 3.8) is 0 Å². The fraction of sp³-hybridized carbons (Fsp3) is 1.00. The van der Waals surface area contributed by atoms with E-state index in [2.05, 4.69) is 26.1 Å². The van der Waals surface area contributed by atoms with Gasteiger partial charge in [-0.25, -0.2) is 0 Å². The molecule has 96 valence electrons. The molecule has 2 heteroatoms. The molecule has 0 aromatic rings. The van der Waals surface area contributed by atoms with Crippen molar-refractivity contribution in [3.8, 4) is 0 Å². The molecule has 0 amide bonds. The van der Waals surface area contributed by atoms with Gasteiger partial charge in [0, 0.05) is 19.7 Å². The largest absolute Gasteiger partial charge is 0.380 e. The highest BCUT2D eigenvalue weighted by Crippen LogP contribution is 2.40. The zero-order valence-corrected chi connectivity index (χ0v) is 11.3. The molecule has 0 aromatic heterocycles. The molecule has 16 heavy (non-hydrogen) atoms. The number of nitrogens with one attached hydrogen (secondary N) is 1. The normalized spacial score (nSPS) is 19.5. The summed E-state index contributed by atoms with van der Waals surface area (Å²) >= 11 is 0. The van der Waals surface area contributed by atoms with Crippen molar-refractivity contribution in [3.05, 3.63) is 0 Å². The minimum atomic E-state index is 0.609. The van der Waals surface area contributed by atoms with Crippen LogP contribution in [-0.2, 0) is 4.74 Å². The summed E-state index contributed by atoms with van der Waals surface area (Å²) in [6.45, 7) is 10.7. The average molecular weight is 227 g/mol. The third-order valence-electron chi connectivity index (χ3n) is 3.79. The first-order chi connectivity index (χ1) is 7.68. The first-order valence-corrected chi connectivity index (χ1v) is 6.97. The van der Waals surface area contributed by atoms with Gasteiger partial charge in [-0.05, 0) is 30.6 Å². The number of rotatable bonds is 8. The van der Waals surface area contributed by atoms with Crippen LogP contribution in [0.1, 0.15) is 52.9 Å². The SMILES string of the molecule is CCC1(CNCCOCC(C)C)CCCC1. The van der Waals surface area contributed by atoms with E-state index < -0.39 is 0 Å². The molecular weight excluding hydrogens is 198 g/mol. The predicted molar refractivity (Wildman–Crippen MR) is 69.7 cm³/mol. The van der Waals surface area contributed by atoms with E-state index in [0.29, 0.717) is 11.3 Å². The first kappa shape index (κ1) is 14.0. The Bertz CT molecular complexity index is 174. The number of ether oxygens (including phenoxy) is 1. The molecule has 0 spiro atoms. The Morgan fingerprint density at radius 3 is 2.50 bits per heavy atom. The van der Waals surface area contributed by atoms with E-state index in [1.54, 1.807) is 0 Å². The number of hydrogen-bond acceptors (Lipinski definition) is 2. The minimum absolute atomic E-state index is 0.609. The van der Waals surface area contributed by atoms with Gasteiger partial charge in [0.05, 0.1) is 6.61 Å². The van der Waals surface area contributed by atoms with E-state index in [4.69, 9.17) is 4.74 Å². The van der Waals surface area contributed by atoms with Gasteiger partial charge in [0.15, 0.2) is 0 Å². The van der Waals surface area contributed by atoms with Crippen molar-refractivity contribution in [1.29, 1.82) is 0 Å². The second-order valence-electron chi connectivity index (χ2n) is 5.71. The molecule has 0 radical (unpaired) electrons. The van der Waals surface area contributed by atoms with Crippen molar-refractivity contribution >= 4 is 0 Å². The van der Waals surface area contributed by atoms with Crippen molar-refractivity contribution in [2.24, 2.45) is 11.3 Å². The van der Waals surface area contributed by atoms with E-state index in [9.17, 15) is 0 Å². The molecule has 0 saturated heterocycles. The molecule has 0 aliphatic heterocycles. The maximum atomic E-state index is 5.56. The van der Waals surface area contributed by atoms with Gasteiger partial charge >= 0.3 is 0 Å². The molecule has 1 rings (SSSR count). The first-order valence-electron chi connectivity index (χ1n) is 6.97. The lowest BCUT2D eigenvalue weighted by atomic mass is 9.83. The number of hydrogen-bond donors (Lipinski definition) is 1. The summed E-state index contributed by atoms with van der Waals surface area (Å²) in [5, 5.41) is 3.57. The standard InChI is InChI=1S/C14H29NO/c1-4-14(7-5-6-8-14)12-15-9-10-16-11-13(2)3/h13,15H,4-12H2,1-3H3. The van der Waals surface area contributed by atoms with Gasteiger partial charge in [-0.3, -0.25) is 0 Å². The molecule has 0 unspecified atom stereocenters.